The molecule has 0 saturated carbocycles. The molecule has 14 aromatic rings. The van der Waals surface area contributed by atoms with Gasteiger partial charge in [-0.05, 0) is 46.5 Å². The van der Waals surface area contributed by atoms with Gasteiger partial charge in [-0.1, -0.05) is 140 Å². The zero-order valence-electron chi connectivity index (χ0n) is 30.4. The molecule has 0 fully saturated rings. The molecule has 5 heteroatoms. The van der Waals surface area contributed by atoms with Gasteiger partial charge in [-0.15, -0.1) is 11.3 Å². The van der Waals surface area contributed by atoms with Crippen molar-refractivity contribution in [3.05, 3.63) is 170 Å². The molecule has 0 bridgehead atoms. The van der Waals surface area contributed by atoms with Gasteiger partial charge < -0.3 is 4.40 Å². The van der Waals surface area contributed by atoms with Gasteiger partial charge in [0.15, 0.2) is 5.82 Å². The van der Waals surface area contributed by atoms with Crippen LogP contribution < -0.4 is 0 Å². The molecule has 0 radical (unpaired) electrons. The lowest BCUT2D eigenvalue weighted by atomic mass is 9.97. The van der Waals surface area contributed by atoms with Crippen LogP contribution in [-0.2, 0) is 0 Å². The van der Waals surface area contributed by atoms with Crippen LogP contribution in [0.25, 0.3) is 130 Å². The van der Waals surface area contributed by atoms with E-state index in [0.717, 1.165) is 44.4 Å². The molecule has 57 heavy (non-hydrogen) atoms. The van der Waals surface area contributed by atoms with Crippen molar-refractivity contribution in [3.8, 4) is 17.1 Å². The minimum Gasteiger partial charge on any atom is -0.308 e. The molecule has 14 rings (SSSR count). The molecule has 0 atom stereocenters. The predicted molar refractivity (Wildman–Crippen MR) is 242 cm³/mol. The summed E-state index contributed by atoms with van der Waals surface area (Å²) in [6.07, 6.45) is 0. The summed E-state index contributed by atoms with van der Waals surface area (Å²) in [6.45, 7) is 0. The largest absolute Gasteiger partial charge is 0.308 e. The van der Waals surface area contributed by atoms with E-state index in [1.54, 1.807) is 0 Å². The molecule has 0 spiro atoms. The third-order valence-electron chi connectivity index (χ3n) is 12.4. The van der Waals surface area contributed by atoms with Crippen molar-refractivity contribution in [1.29, 1.82) is 0 Å². The summed E-state index contributed by atoms with van der Waals surface area (Å²) in [5.41, 5.74) is 9.62. The maximum atomic E-state index is 5.79. The zero-order valence-corrected chi connectivity index (χ0v) is 31.2. The monoisotopic (exact) mass is 740 g/mol. The van der Waals surface area contributed by atoms with E-state index in [2.05, 4.69) is 179 Å². The fourth-order valence-electron chi connectivity index (χ4n) is 10.0. The van der Waals surface area contributed by atoms with Crippen molar-refractivity contribution in [2.45, 2.75) is 0 Å². The fourth-order valence-corrected chi connectivity index (χ4v) is 11.3. The van der Waals surface area contributed by atoms with Gasteiger partial charge in [-0.25, -0.2) is 9.97 Å². The summed E-state index contributed by atoms with van der Waals surface area (Å²) in [7, 11) is 0. The molecule has 0 aliphatic heterocycles. The lowest BCUT2D eigenvalue weighted by molar-refractivity contribution is 1.09. The molecular weight excluding hydrogens is 713 g/mol. The Morgan fingerprint density at radius 2 is 1.14 bits per heavy atom. The average Bonchev–Trinajstić information content (AvgIpc) is 3.90. The number of nitrogens with zero attached hydrogens (tertiary/aromatic N) is 4. The maximum absolute atomic E-state index is 5.79. The molecular formula is C52H28N4S. The second-order valence-corrected chi connectivity index (χ2v) is 16.3. The summed E-state index contributed by atoms with van der Waals surface area (Å²) in [5, 5.41) is 14.7. The van der Waals surface area contributed by atoms with E-state index >= 15 is 0 Å². The number of aromatic nitrogens is 4. The minimum atomic E-state index is 0.832. The van der Waals surface area contributed by atoms with Crippen LogP contribution in [0.3, 0.4) is 0 Å². The quantitative estimate of drug-likeness (QED) is 0.165. The molecule has 0 aliphatic rings. The number of para-hydroxylation sites is 2. The highest BCUT2D eigenvalue weighted by atomic mass is 32.1. The first-order valence-corrected chi connectivity index (χ1v) is 20.2. The Morgan fingerprint density at radius 1 is 0.421 bits per heavy atom. The zero-order chi connectivity index (χ0) is 36.9. The van der Waals surface area contributed by atoms with Crippen LogP contribution in [0.4, 0.5) is 0 Å². The van der Waals surface area contributed by atoms with Crippen molar-refractivity contribution < 1.29 is 0 Å². The average molecular weight is 741 g/mol. The molecule has 5 aromatic heterocycles. The van der Waals surface area contributed by atoms with Crippen LogP contribution in [-0.4, -0.2) is 18.9 Å². The molecule has 0 N–H and O–H groups in total. The topological polar surface area (TPSA) is 35.1 Å². The van der Waals surface area contributed by atoms with Gasteiger partial charge in [0.05, 0.1) is 43.3 Å². The van der Waals surface area contributed by atoms with Crippen LogP contribution in [0, 0.1) is 0 Å². The number of hydrogen-bond acceptors (Lipinski definition) is 3. The van der Waals surface area contributed by atoms with E-state index in [0.29, 0.717) is 0 Å². The highest BCUT2D eigenvalue weighted by Gasteiger charge is 2.28. The number of fused-ring (bicyclic) bond motifs is 14. The summed E-state index contributed by atoms with van der Waals surface area (Å²) in [4.78, 5) is 11.3. The third-order valence-corrected chi connectivity index (χ3v) is 13.6. The highest BCUT2D eigenvalue weighted by Crippen LogP contribution is 2.51. The van der Waals surface area contributed by atoms with Crippen molar-refractivity contribution in [2.24, 2.45) is 0 Å². The van der Waals surface area contributed by atoms with Gasteiger partial charge in [0.1, 0.15) is 5.69 Å². The van der Waals surface area contributed by atoms with Gasteiger partial charge in [0.25, 0.3) is 0 Å². The third kappa shape index (κ3) is 3.77. The van der Waals surface area contributed by atoms with Gasteiger partial charge in [-0.2, -0.15) is 0 Å². The molecule has 9 aromatic carbocycles. The molecule has 0 saturated heterocycles. The standard InChI is InChI=1S/C52H28N4S/c1-2-14-30(15-3-1)47-52(54-48-33-18-7-4-13-29(33)25-26-39(48)53-47)56-41-27-31-16-5-6-17-32(31)44-37-22-12-21-36-34-19-8-10-23-40(34)55(49(36)37)42-28-38-35-20-9-11-24-43(35)57-51(38)50(56)46(42)45(41)44/h1-28H. The normalized spacial score (nSPS) is 12.6. The van der Waals surface area contributed by atoms with Crippen LogP contribution in [0.1, 0.15) is 0 Å². The predicted octanol–water partition coefficient (Wildman–Crippen LogP) is 14.2. The Hall–Kier alpha value is -7.34. The van der Waals surface area contributed by atoms with Crippen LogP contribution in [0.2, 0.25) is 0 Å². The number of rotatable bonds is 2. The summed E-state index contributed by atoms with van der Waals surface area (Å²) in [6, 6.07) is 61.9. The van der Waals surface area contributed by atoms with Gasteiger partial charge in [0, 0.05) is 58.7 Å². The Labute approximate surface area is 328 Å². The minimum absolute atomic E-state index is 0.832. The summed E-state index contributed by atoms with van der Waals surface area (Å²) < 4.78 is 7.56. The van der Waals surface area contributed by atoms with E-state index in [-0.39, 0.29) is 0 Å². The SMILES string of the molecule is c1ccc(-c2nc3ccc4ccccc4c3nc2-n2c3cc4ccccc4c4c5cccc6c7ccccc7n(c7cc8c9ccccc9sc8c2c7c43)c65)cc1. The van der Waals surface area contributed by atoms with Crippen molar-refractivity contribution in [1.82, 2.24) is 18.9 Å². The van der Waals surface area contributed by atoms with Crippen molar-refractivity contribution in [2.75, 3.05) is 0 Å². The van der Waals surface area contributed by atoms with Crippen molar-refractivity contribution >= 4 is 124 Å². The van der Waals surface area contributed by atoms with E-state index in [4.69, 9.17) is 9.97 Å². The Bertz CT molecular complexity index is 4040. The molecule has 0 amide bonds. The van der Waals surface area contributed by atoms with Gasteiger partial charge in [-0.3, -0.25) is 4.57 Å². The van der Waals surface area contributed by atoms with E-state index < -0.39 is 0 Å². The number of hydrogen-bond donors (Lipinski definition) is 0. The van der Waals surface area contributed by atoms with Crippen LogP contribution >= 0.6 is 11.3 Å². The number of benzene rings is 9. The first kappa shape index (κ1) is 29.9. The molecule has 4 nitrogen and oxygen atoms in total. The first-order valence-electron chi connectivity index (χ1n) is 19.4. The summed E-state index contributed by atoms with van der Waals surface area (Å²) in [5.74, 6) is 0.832. The number of thiophene rings is 1. The molecule has 0 unspecified atom stereocenters. The maximum Gasteiger partial charge on any atom is 0.165 e. The summed E-state index contributed by atoms with van der Waals surface area (Å²) >= 11 is 1.88. The van der Waals surface area contributed by atoms with Crippen LogP contribution in [0.15, 0.2) is 170 Å². The Balaban J connectivity index is 1.35. The van der Waals surface area contributed by atoms with Crippen LogP contribution in [0.5, 0.6) is 0 Å². The van der Waals surface area contributed by atoms with E-state index in [9.17, 15) is 0 Å². The second-order valence-electron chi connectivity index (χ2n) is 15.3. The lowest BCUT2D eigenvalue weighted by Gasteiger charge is -2.16. The first-order chi connectivity index (χ1) is 28.3. The smallest absolute Gasteiger partial charge is 0.165 e. The van der Waals surface area contributed by atoms with Gasteiger partial charge >= 0.3 is 0 Å². The van der Waals surface area contributed by atoms with Gasteiger partial charge in [0.2, 0.25) is 0 Å². The molecule has 262 valence electrons. The second kappa shape index (κ2) is 10.7. The Morgan fingerprint density at radius 3 is 2.04 bits per heavy atom. The van der Waals surface area contributed by atoms with E-state index in [1.165, 1.54) is 85.3 Å². The highest BCUT2D eigenvalue weighted by molar-refractivity contribution is 7.26. The van der Waals surface area contributed by atoms with Crippen molar-refractivity contribution in [3.63, 3.8) is 0 Å². The molecule has 5 heterocycles. The lowest BCUT2D eigenvalue weighted by Crippen LogP contribution is -2.04. The molecule has 0 aliphatic carbocycles. The fraction of sp³-hybridized carbons (Fsp3) is 0. The van der Waals surface area contributed by atoms with E-state index in [1.807, 2.05) is 11.3 Å². The Kier molecular flexibility index (Phi) is 5.62.